The van der Waals surface area contributed by atoms with E-state index < -0.39 is 0 Å². The Labute approximate surface area is 91.6 Å². The van der Waals surface area contributed by atoms with Crippen LogP contribution < -0.4 is 10.2 Å². The fourth-order valence-electron chi connectivity index (χ4n) is 1.81. The average Bonchev–Trinajstić information content (AvgIpc) is 2.30. The second-order valence-corrected chi connectivity index (χ2v) is 4.05. The third-order valence-electron chi connectivity index (χ3n) is 2.74. The summed E-state index contributed by atoms with van der Waals surface area (Å²) in [7, 11) is 4.15. The number of hydrogen-bond donors (Lipinski definition) is 0. The summed E-state index contributed by atoms with van der Waals surface area (Å²) in [6, 6.07) is 8.69. The molecular formula is C13H17N2. The Morgan fingerprint density at radius 2 is 2.13 bits per heavy atom. The summed E-state index contributed by atoms with van der Waals surface area (Å²) in [6.07, 6.45) is 3.31. The van der Waals surface area contributed by atoms with Crippen LogP contribution in [0.1, 0.15) is 12.0 Å². The molecule has 0 bridgehead atoms. The van der Waals surface area contributed by atoms with E-state index in [-0.39, 0.29) is 0 Å². The molecule has 1 radical (unpaired) electrons. The zero-order chi connectivity index (χ0) is 10.7. The Hall–Kier alpha value is -1.28. The minimum absolute atomic E-state index is 0.877. The van der Waals surface area contributed by atoms with Crippen molar-refractivity contribution < 1.29 is 0 Å². The Bertz CT molecular complexity index is 367. The van der Waals surface area contributed by atoms with E-state index in [9.17, 15) is 0 Å². The first-order chi connectivity index (χ1) is 7.27. The SMILES string of the molecule is CN(C)c1cccc(C2=CC[N]CC2)c1. The van der Waals surface area contributed by atoms with E-state index in [1.165, 1.54) is 16.8 Å². The molecule has 15 heavy (non-hydrogen) atoms. The van der Waals surface area contributed by atoms with Crippen molar-refractivity contribution in [3.63, 3.8) is 0 Å². The van der Waals surface area contributed by atoms with Gasteiger partial charge in [-0.15, -0.1) is 0 Å². The molecule has 0 aliphatic carbocycles. The van der Waals surface area contributed by atoms with Gasteiger partial charge >= 0.3 is 0 Å². The van der Waals surface area contributed by atoms with Crippen molar-refractivity contribution in [2.45, 2.75) is 6.42 Å². The predicted molar refractivity (Wildman–Crippen MR) is 65.2 cm³/mol. The molecule has 0 saturated heterocycles. The van der Waals surface area contributed by atoms with Crippen molar-refractivity contribution in [2.75, 3.05) is 32.1 Å². The minimum Gasteiger partial charge on any atom is -0.378 e. The van der Waals surface area contributed by atoms with Gasteiger partial charge in [0.2, 0.25) is 0 Å². The van der Waals surface area contributed by atoms with Gasteiger partial charge in [-0.05, 0) is 29.7 Å². The summed E-state index contributed by atoms with van der Waals surface area (Å²) in [5.41, 5.74) is 4.04. The number of nitrogens with zero attached hydrogens (tertiary/aromatic N) is 2. The highest BCUT2D eigenvalue weighted by Crippen LogP contribution is 2.23. The lowest BCUT2D eigenvalue weighted by Crippen LogP contribution is -2.13. The maximum absolute atomic E-state index is 4.32. The maximum Gasteiger partial charge on any atom is 0.0367 e. The van der Waals surface area contributed by atoms with E-state index in [1.54, 1.807) is 0 Å². The van der Waals surface area contributed by atoms with Crippen molar-refractivity contribution in [3.8, 4) is 0 Å². The summed E-state index contributed by atoms with van der Waals surface area (Å²) < 4.78 is 0. The van der Waals surface area contributed by atoms with Gasteiger partial charge in [0.05, 0.1) is 0 Å². The molecule has 2 rings (SSSR count). The molecule has 1 heterocycles. The van der Waals surface area contributed by atoms with Crippen molar-refractivity contribution in [2.24, 2.45) is 0 Å². The lowest BCUT2D eigenvalue weighted by Gasteiger charge is -2.17. The number of rotatable bonds is 2. The van der Waals surface area contributed by atoms with Crippen LogP contribution >= 0.6 is 0 Å². The number of hydrogen-bond acceptors (Lipinski definition) is 1. The first-order valence-electron chi connectivity index (χ1n) is 5.37. The van der Waals surface area contributed by atoms with Crippen LogP contribution in [0.5, 0.6) is 0 Å². The third kappa shape index (κ3) is 2.39. The van der Waals surface area contributed by atoms with Crippen LogP contribution in [0.3, 0.4) is 0 Å². The van der Waals surface area contributed by atoms with Crippen molar-refractivity contribution in [1.29, 1.82) is 0 Å². The molecule has 0 spiro atoms. The quantitative estimate of drug-likeness (QED) is 0.716. The first-order valence-corrected chi connectivity index (χ1v) is 5.37. The van der Waals surface area contributed by atoms with E-state index in [0.29, 0.717) is 0 Å². The fraction of sp³-hybridized carbons (Fsp3) is 0.385. The molecule has 79 valence electrons. The molecule has 1 aromatic rings. The van der Waals surface area contributed by atoms with Gasteiger partial charge in [0, 0.05) is 32.9 Å². The van der Waals surface area contributed by atoms with E-state index >= 15 is 0 Å². The summed E-state index contributed by atoms with van der Waals surface area (Å²) in [6.45, 7) is 1.85. The smallest absolute Gasteiger partial charge is 0.0367 e. The highest BCUT2D eigenvalue weighted by molar-refractivity contribution is 5.69. The highest BCUT2D eigenvalue weighted by Gasteiger charge is 2.07. The van der Waals surface area contributed by atoms with Crippen molar-refractivity contribution in [3.05, 3.63) is 35.9 Å². The molecule has 2 heteroatoms. The van der Waals surface area contributed by atoms with E-state index in [2.05, 4.69) is 54.7 Å². The molecule has 0 fully saturated rings. The summed E-state index contributed by atoms with van der Waals surface area (Å²) >= 11 is 0. The Morgan fingerprint density at radius 3 is 2.80 bits per heavy atom. The van der Waals surface area contributed by atoms with Crippen LogP contribution in [0, 0.1) is 0 Å². The fourth-order valence-corrected chi connectivity index (χ4v) is 1.81. The highest BCUT2D eigenvalue weighted by atomic mass is 15.1. The number of benzene rings is 1. The zero-order valence-corrected chi connectivity index (χ0v) is 9.40. The molecule has 2 nitrogen and oxygen atoms in total. The predicted octanol–water partition coefficient (Wildman–Crippen LogP) is 2.14. The van der Waals surface area contributed by atoms with Gasteiger partial charge in [-0.2, -0.15) is 0 Å². The minimum atomic E-state index is 0.877. The van der Waals surface area contributed by atoms with Gasteiger partial charge < -0.3 is 4.90 Å². The third-order valence-corrected chi connectivity index (χ3v) is 2.74. The van der Waals surface area contributed by atoms with E-state index in [4.69, 9.17) is 0 Å². The van der Waals surface area contributed by atoms with Crippen LogP contribution in [0.4, 0.5) is 5.69 Å². The summed E-state index contributed by atoms with van der Waals surface area (Å²) in [5.74, 6) is 0. The van der Waals surface area contributed by atoms with Gasteiger partial charge in [0.25, 0.3) is 0 Å². The van der Waals surface area contributed by atoms with E-state index in [0.717, 1.165) is 19.5 Å². The second kappa shape index (κ2) is 4.49. The standard InChI is InChI=1S/C13H17N2/c1-15(2)13-5-3-4-12(10-13)11-6-8-14-9-7-11/h3-6,10H,7-9H2,1-2H3. The molecule has 0 atom stereocenters. The zero-order valence-electron chi connectivity index (χ0n) is 9.40. The van der Waals surface area contributed by atoms with Crippen molar-refractivity contribution >= 4 is 11.3 Å². The molecule has 0 amide bonds. The monoisotopic (exact) mass is 201 g/mol. The Morgan fingerprint density at radius 1 is 1.27 bits per heavy atom. The van der Waals surface area contributed by atoms with Crippen LogP contribution in [0.15, 0.2) is 30.3 Å². The van der Waals surface area contributed by atoms with Gasteiger partial charge in [-0.25, -0.2) is 5.32 Å². The molecule has 0 saturated carbocycles. The molecule has 1 aromatic carbocycles. The van der Waals surface area contributed by atoms with Gasteiger partial charge in [0.1, 0.15) is 0 Å². The van der Waals surface area contributed by atoms with Crippen LogP contribution in [-0.2, 0) is 0 Å². The Balaban J connectivity index is 2.27. The molecule has 1 aliphatic rings. The van der Waals surface area contributed by atoms with Gasteiger partial charge in [-0.1, -0.05) is 18.2 Å². The second-order valence-electron chi connectivity index (χ2n) is 4.05. The first kappa shape index (κ1) is 10.2. The summed E-state index contributed by atoms with van der Waals surface area (Å²) in [5, 5.41) is 4.32. The summed E-state index contributed by atoms with van der Waals surface area (Å²) in [4.78, 5) is 2.14. The topological polar surface area (TPSA) is 17.3 Å². The molecule has 0 aromatic heterocycles. The average molecular weight is 201 g/mol. The lowest BCUT2D eigenvalue weighted by molar-refractivity contribution is 0.723. The van der Waals surface area contributed by atoms with Crippen LogP contribution in [0.2, 0.25) is 0 Å². The normalized spacial score (nSPS) is 16.0. The van der Waals surface area contributed by atoms with Gasteiger partial charge in [-0.3, -0.25) is 0 Å². The maximum atomic E-state index is 4.32. The van der Waals surface area contributed by atoms with Crippen LogP contribution in [-0.4, -0.2) is 27.2 Å². The lowest BCUT2D eigenvalue weighted by atomic mass is 10.00. The molecular weight excluding hydrogens is 184 g/mol. The van der Waals surface area contributed by atoms with Crippen LogP contribution in [0.25, 0.3) is 5.57 Å². The largest absolute Gasteiger partial charge is 0.378 e. The number of anilines is 1. The Kier molecular flexibility index (Phi) is 3.07. The van der Waals surface area contributed by atoms with Gasteiger partial charge in [0.15, 0.2) is 0 Å². The van der Waals surface area contributed by atoms with E-state index in [1.807, 2.05) is 0 Å². The molecule has 0 N–H and O–H groups in total. The van der Waals surface area contributed by atoms with Crippen molar-refractivity contribution in [1.82, 2.24) is 5.32 Å². The molecule has 1 aliphatic heterocycles. The molecule has 0 unspecified atom stereocenters.